The van der Waals surface area contributed by atoms with Crippen LogP contribution in [0.4, 0.5) is 0 Å². The minimum atomic E-state index is 0.0790. The Kier molecular flexibility index (Phi) is 4.51. The molecule has 1 aliphatic carbocycles. The van der Waals surface area contributed by atoms with E-state index >= 15 is 0 Å². The molecule has 122 valence electrons. The highest BCUT2D eigenvalue weighted by molar-refractivity contribution is 5.76. The SMILES string of the molecule is Cc1ccc(-c2cnc(CCC(=O)NC(C)C3CC3)o2)cc1C. The summed E-state index contributed by atoms with van der Waals surface area (Å²) in [6.45, 7) is 6.26. The number of carbonyl (C=O) groups excluding carboxylic acids is 1. The molecule has 2 aromatic rings. The summed E-state index contributed by atoms with van der Waals surface area (Å²) in [7, 11) is 0. The number of amides is 1. The molecule has 1 saturated carbocycles. The number of hydrogen-bond donors (Lipinski definition) is 1. The quantitative estimate of drug-likeness (QED) is 0.882. The Morgan fingerprint density at radius 1 is 1.35 bits per heavy atom. The van der Waals surface area contributed by atoms with Gasteiger partial charge in [0.15, 0.2) is 11.7 Å². The van der Waals surface area contributed by atoms with Crippen molar-refractivity contribution in [2.24, 2.45) is 5.92 Å². The third kappa shape index (κ3) is 4.01. The zero-order valence-corrected chi connectivity index (χ0v) is 14.1. The van der Waals surface area contributed by atoms with Crippen molar-refractivity contribution in [1.82, 2.24) is 10.3 Å². The van der Waals surface area contributed by atoms with Crippen molar-refractivity contribution in [1.29, 1.82) is 0 Å². The molecule has 0 spiro atoms. The summed E-state index contributed by atoms with van der Waals surface area (Å²) in [6.07, 6.45) is 5.17. The van der Waals surface area contributed by atoms with E-state index in [1.807, 2.05) is 6.07 Å². The van der Waals surface area contributed by atoms with E-state index in [0.717, 1.165) is 11.3 Å². The molecule has 1 amide bonds. The van der Waals surface area contributed by atoms with E-state index in [4.69, 9.17) is 4.42 Å². The third-order valence-electron chi connectivity index (χ3n) is 4.63. The summed E-state index contributed by atoms with van der Waals surface area (Å²) in [5.74, 6) is 2.13. The summed E-state index contributed by atoms with van der Waals surface area (Å²) < 4.78 is 5.79. The Hall–Kier alpha value is -2.10. The van der Waals surface area contributed by atoms with Gasteiger partial charge in [-0.2, -0.15) is 0 Å². The fraction of sp³-hybridized carbons (Fsp3) is 0.474. The van der Waals surface area contributed by atoms with Gasteiger partial charge < -0.3 is 9.73 Å². The number of nitrogens with zero attached hydrogens (tertiary/aromatic N) is 1. The molecule has 3 rings (SSSR count). The fourth-order valence-corrected chi connectivity index (χ4v) is 2.71. The van der Waals surface area contributed by atoms with Crippen LogP contribution in [0.5, 0.6) is 0 Å². The second-order valence-corrected chi connectivity index (χ2v) is 6.61. The highest BCUT2D eigenvalue weighted by Crippen LogP contribution is 2.32. The van der Waals surface area contributed by atoms with Gasteiger partial charge in [0.1, 0.15) is 0 Å². The minimum Gasteiger partial charge on any atom is -0.441 e. The molecular weight excluding hydrogens is 288 g/mol. The molecule has 0 saturated heterocycles. The second kappa shape index (κ2) is 6.57. The van der Waals surface area contributed by atoms with Crippen LogP contribution in [0.3, 0.4) is 0 Å². The van der Waals surface area contributed by atoms with Crippen LogP contribution in [0.2, 0.25) is 0 Å². The summed E-state index contributed by atoms with van der Waals surface area (Å²) in [5, 5.41) is 3.06. The molecule has 1 heterocycles. The van der Waals surface area contributed by atoms with Gasteiger partial charge in [-0.25, -0.2) is 4.98 Å². The van der Waals surface area contributed by atoms with Gasteiger partial charge in [-0.05, 0) is 56.7 Å². The van der Waals surface area contributed by atoms with Gasteiger partial charge in [0.2, 0.25) is 5.91 Å². The number of carbonyl (C=O) groups is 1. The van der Waals surface area contributed by atoms with E-state index < -0.39 is 0 Å². The number of aromatic nitrogens is 1. The van der Waals surface area contributed by atoms with Crippen molar-refractivity contribution < 1.29 is 9.21 Å². The highest BCUT2D eigenvalue weighted by atomic mass is 16.4. The lowest BCUT2D eigenvalue weighted by atomic mass is 10.1. The molecule has 1 aromatic carbocycles. The van der Waals surface area contributed by atoms with Crippen LogP contribution in [0.15, 0.2) is 28.8 Å². The molecule has 1 unspecified atom stereocenters. The van der Waals surface area contributed by atoms with E-state index in [0.29, 0.717) is 24.7 Å². The number of benzene rings is 1. The van der Waals surface area contributed by atoms with Crippen LogP contribution in [-0.4, -0.2) is 16.9 Å². The molecule has 1 aliphatic rings. The van der Waals surface area contributed by atoms with Crippen LogP contribution in [0, 0.1) is 19.8 Å². The van der Waals surface area contributed by atoms with Crippen LogP contribution in [0.25, 0.3) is 11.3 Å². The third-order valence-corrected chi connectivity index (χ3v) is 4.63. The summed E-state index contributed by atoms with van der Waals surface area (Å²) in [4.78, 5) is 16.2. The Morgan fingerprint density at radius 3 is 2.83 bits per heavy atom. The van der Waals surface area contributed by atoms with Crippen molar-refractivity contribution in [3.05, 3.63) is 41.4 Å². The topological polar surface area (TPSA) is 55.1 Å². The van der Waals surface area contributed by atoms with E-state index in [1.54, 1.807) is 6.20 Å². The molecule has 4 nitrogen and oxygen atoms in total. The van der Waals surface area contributed by atoms with Gasteiger partial charge in [-0.3, -0.25) is 4.79 Å². The van der Waals surface area contributed by atoms with Gasteiger partial charge in [-0.15, -0.1) is 0 Å². The first-order chi connectivity index (χ1) is 11.0. The zero-order chi connectivity index (χ0) is 16.4. The van der Waals surface area contributed by atoms with Crippen molar-refractivity contribution in [3.8, 4) is 11.3 Å². The molecule has 1 fully saturated rings. The lowest BCUT2D eigenvalue weighted by Gasteiger charge is -2.11. The maximum Gasteiger partial charge on any atom is 0.220 e. The highest BCUT2D eigenvalue weighted by Gasteiger charge is 2.28. The van der Waals surface area contributed by atoms with Crippen molar-refractivity contribution in [3.63, 3.8) is 0 Å². The summed E-state index contributed by atoms with van der Waals surface area (Å²) in [6, 6.07) is 6.51. The molecule has 0 aliphatic heterocycles. The van der Waals surface area contributed by atoms with Crippen molar-refractivity contribution in [2.45, 2.75) is 52.5 Å². The molecule has 23 heavy (non-hydrogen) atoms. The zero-order valence-electron chi connectivity index (χ0n) is 14.1. The molecule has 1 N–H and O–H groups in total. The van der Waals surface area contributed by atoms with E-state index in [2.05, 4.69) is 43.2 Å². The minimum absolute atomic E-state index is 0.0790. The normalized spacial score (nSPS) is 15.4. The Morgan fingerprint density at radius 2 is 2.13 bits per heavy atom. The Balaban J connectivity index is 1.56. The van der Waals surface area contributed by atoms with Crippen LogP contribution < -0.4 is 5.32 Å². The largest absolute Gasteiger partial charge is 0.441 e. The molecule has 1 atom stereocenters. The second-order valence-electron chi connectivity index (χ2n) is 6.61. The number of oxazole rings is 1. The van der Waals surface area contributed by atoms with Gasteiger partial charge in [0.25, 0.3) is 0 Å². The molecule has 0 bridgehead atoms. The maximum atomic E-state index is 11.9. The van der Waals surface area contributed by atoms with Crippen LogP contribution in [0.1, 0.15) is 43.2 Å². The van der Waals surface area contributed by atoms with Gasteiger partial charge in [-0.1, -0.05) is 12.1 Å². The predicted molar refractivity (Wildman–Crippen MR) is 90.1 cm³/mol. The lowest BCUT2D eigenvalue weighted by Crippen LogP contribution is -2.34. The average Bonchev–Trinajstić information content (AvgIpc) is 3.27. The van der Waals surface area contributed by atoms with Crippen LogP contribution >= 0.6 is 0 Å². The molecule has 4 heteroatoms. The molecule has 1 aromatic heterocycles. The first kappa shape index (κ1) is 15.8. The lowest BCUT2D eigenvalue weighted by molar-refractivity contribution is -0.121. The number of hydrogen-bond acceptors (Lipinski definition) is 3. The first-order valence-corrected chi connectivity index (χ1v) is 8.34. The Labute approximate surface area is 137 Å². The Bertz CT molecular complexity index is 701. The van der Waals surface area contributed by atoms with Gasteiger partial charge >= 0.3 is 0 Å². The van der Waals surface area contributed by atoms with Crippen molar-refractivity contribution in [2.75, 3.05) is 0 Å². The molecular formula is C19H24N2O2. The first-order valence-electron chi connectivity index (χ1n) is 8.34. The van der Waals surface area contributed by atoms with E-state index in [1.165, 1.54) is 24.0 Å². The van der Waals surface area contributed by atoms with Crippen LogP contribution in [-0.2, 0) is 11.2 Å². The summed E-state index contributed by atoms with van der Waals surface area (Å²) >= 11 is 0. The number of aryl methyl sites for hydroxylation is 3. The van der Waals surface area contributed by atoms with E-state index in [9.17, 15) is 4.79 Å². The maximum absolute atomic E-state index is 11.9. The van der Waals surface area contributed by atoms with Gasteiger partial charge in [0.05, 0.1) is 6.20 Å². The monoisotopic (exact) mass is 312 g/mol. The smallest absolute Gasteiger partial charge is 0.220 e. The predicted octanol–water partition coefficient (Wildman–Crippen LogP) is 3.81. The fourth-order valence-electron chi connectivity index (χ4n) is 2.71. The number of rotatable bonds is 6. The molecule has 0 radical (unpaired) electrons. The van der Waals surface area contributed by atoms with Gasteiger partial charge in [0, 0.05) is 24.4 Å². The summed E-state index contributed by atoms with van der Waals surface area (Å²) in [5.41, 5.74) is 3.52. The standard InChI is InChI=1S/C19H24N2O2/c1-12-4-5-16(10-13(12)2)17-11-20-19(23-17)9-8-18(22)21-14(3)15-6-7-15/h4-5,10-11,14-15H,6-9H2,1-3H3,(H,21,22). The van der Waals surface area contributed by atoms with E-state index in [-0.39, 0.29) is 11.9 Å². The number of nitrogens with one attached hydrogen (secondary N) is 1. The van der Waals surface area contributed by atoms with Crippen molar-refractivity contribution >= 4 is 5.91 Å². The average molecular weight is 312 g/mol.